The molecule has 4 nitrogen and oxygen atoms in total. The number of pyridine rings is 1. The minimum atomic E-state index is -1.70. The second-order valence-electron chi connectivity index (χ2n) is 5.63. The number of hydrogen-bond acceptors (Lipinski definition) is 3. The molecule has 3 aromatic rings. The highest BCUT2D eigenvalue weighted by Gasteiger charge is 2.24. The number of aromatic hydroxyl groups is 1. The van der Waals surface area contributed by atoms with Crippen LogP contribution in [0.25, 0.3) is 10.9 Å². The normalized spacial score (nSPS) is 14.8. The average Bonchev–Trinajstić information content (AvgIpc) is 2.60. The van der Waals surface area contributed by atoms with E-state index >= 15 is 0 Å². The first-order valence-corrected chi connectivity index (χ1v) is 8.67. The van der Waals surface area contributed by atoms with Crippen molar-refractivity contribution in [3.05, 3.63) is 64.4 Å². The topological polar surface area (TPSA) is 59.3 Å². The van der Waals surface area contributed by atoms with Crippen LogP contribution in [-0.2, 0) is 23.8 Å². The van der Waals surface area contributed by atoms with E-state index < -0.39 is 10.8 Å². The summed E-state index contributed by atoms with van der Waals surface area (Å²) in [6.45, 7) is 0.589. The lowest BCUT2D eigenvalue weighted by molar-refractivity contribution is 0.460. The monoisotopic (exact) mass is 325 g/mol. The zero-order chi connectivity index (χ0) is 16.0. The highest BCUT2D eigenvalue weighted by molar-refractivity contribution is 7.85. The molecule has 1 aliphatic heterocycles. The molecule has 1 atom stereocenters. The van der Waals surface area contributed by atoms with Gasteiger partial charge in [-0.25, -0.2) is 4.21 Å². The van der Waals surface area contributed by atoms with Crippen molar-refractivity contribution in [2.24, 2.45) is 0 Å². The molecule has 0 saturated heterocycles. The van der Waals surface area contributed by atoms with Gasteiger partial charge in [0.2, 0.25) is 0 Å². The molecule has 2 heterocycles. The molecule has 0 fully saturated rings. The number of hydrogen-bond donors (Lipinski definition) is 1. The molecule has 23 heavy (non-hydrogen) atoms. The molecule has 1 aliphatic rings. The van der Waals surface area contributed by atoms with E-state index in [1.54, 1.807) is 34.9 Å². The van der Waals surface area contributed by atoms with Gasteiger partial charge in [-0.15, -0.1) is 0 Å². The van der Waals surface area contributed by atoms with Gasteiger partial charge in [-0.1, -0.05) is 30.3 Å². The number of benzene rings is 2. The van der Waals surface area contributed by atoms with Gasteiger partial charge in [0.25, 0.3) is 5.56 Å². The van der Waals surface area contributed by atoms with E-state index in [0.29, 0.717) is 16.8 Å². The van der Waals surface area contributed by atoms with Crippen molar-refractivity contribution < 1.29 is 9.32 Å². The van der Waals surface area contributed by atoms with Crippen LogP contribution < -0.4 is 5.56 Å². The smallest absolute Gasteiger partial charge is 0.271 e. The maximum Gasteiger partial charge on any atom is 0.271 e. The van der Waals surface area contributed by atoms with Gasteiger partial charge in [-0.05, 0) is 36.6 Å². The van der Waals surface area contributed by atoms with Crippen molar-refractivity contribution in [1.82, 2.24) is 4.57 Å². The fraction of sp³-hybridized carbons (Fsp3) is 0.167. The summed E-state index contributed by atoms with van der Waals surface area (Å²) in [6.07, 6.45) is 1.76. The molecule has 2 aromatic carbocycles. The SMILES string of the molecule is O=c1c(S(=O)c2ccccc2)c(O)c2cccc3c2n1CCC3. The maximum absolute atomic E-state index is 12.8. The third-order valence-corrected chi connectivity index (χ3v) is 5.71. The predicted molar refractivity (Wildman–Crippen MR) is 89.3 cm³/mol. The van der Waals surface area contributed by atoms with Crippen molar-refractivity contribution in [2.45, 2.75) is 29.2 Å². The standard InChI is InChI=1S/C18H15NO3S/c20-16-14-10-4-6-12-7-5-11-19(15(12)14)18(21)17(16)23(22)13-8-2-1-3-9-13/h1-4,6,8-10,20H,5,7,11H2. The Morgan fingerprint density at radius 2 is 1.83 bits per heavy atom. The van der Waals surface area contributed by atoms with Crippen molar-refractivity contribution in [3.8, 4) is 5.75 Å². The highest BCUT2D eigenvalue weighted by Crippen LogP contribution is 2.34. The highest BCUT2D eigenvalue weighted by atomic mass is 32.2. The summed E-state index contributed by atoms with van der Waals surface area (Å²) in [6, 6.07) is 14.4. The molecule has 0 amide bonds. The van der Waals surface area contributed by atoms with Crippen LogP contribution >= 0.6 is 0 Å². The Morgan fingerprint density at radius 1 is 1.04 bits per heavy atom. The van der Waals surface area contributed by atoms with E-state index in [2.05, 4.69) is 0 Å². The van der Waals surface area contributed by atoms with Crippen LogP contribution in [0.4, 0.5) is 0 Å². The van der Waals surface area contributed by atoms with Crippen LogP contribution in [0.1, 0.15) is 12.0 Å². The summed E-state index contributed by atoms with van der Waals surface area (Å²) in [7, 11) is -1.70. The maximum atomic E-state index is 12.8. The van der Waals surface area contributed by atoms with Gasteiger partial charge in [-0.3, -0.25) is 4.79 Å². The zero-order valence-corrected chi connectivity index (χ0v) is 13.2. The molecule has 1 aromatic heterocycles. The van der Waals surface area contributed by atoms with Crippen LogP contribution in [0.2, 0.25) is 0 Å². The lowest BCUT2D eigenvalue weighted by Gasteiger charge is -2.21. The average molecular weight is 325 g/mol. The molecule has 0 bridgehead atoms. The summed E-state index contributed by atoms with van der Waals surface area (Å²) < 4.78 is 14.5. The Balaban J connectivity index is 2.06. The van der Waals surface area contributed by atoms with Gasteiger partial charge >= 0.3 is 0 Å². The predicted octanol–water partition coefficient (Wildman–Crippen LogP) is 2.82. The van der Waals surface area contributed by atoms with Gasteiger partial charge in [-0.2, -0.15) is 0 Å². The molecule has 0 saturated carbocycles. The van der Waals surface area contributed by atoms with E-state index in [-0.39, 0.29) is 16.2 Å². The van der Waals surface area contributed by atoms with Crippen LogP contribution in [0.5, 0.6) is 5.75 Å². The fourth-order valence-corrected chi connectivity index (χ4v) is 4.42. The van der Waals surface area contributed by atoms with Crippen LogP contribution in [-0.4, -0.2) is 13.9 Å². The van der Waals surface area contributed by atoms with E-state index in [9.17, 15) is 14.1 Å². The molecule has 116 valence electrons. The van der Waals surface area contributed by atoms with Crippen LogP contribution in [0.3, 0.4) is 0 Å². The van der Waals surface area contributed by atoms with Gasteiger partial charge in [0.05, 0.1) is 16.3 Å². The first-order valence-electron chi connectivity index (χ1n) is 7.52. The summed E-state index contributed by atoms with van der Waals surface area (Å²) in [5, 5.41) is 11.2. The summed E-state index contributed by atoms with van der Waals surface area (Å²) in [4.78, 5) is 13.3. The third-order valence-electron chi connectivity index (χ3n) is 4.27. The summed E-state index contributed by atoms with van der Waals surface area (Å²) in [5.41, 5.74) is 1.47. The van der Waals surface area contributed by atoms with Crippen LogP contribution in [0.15, 0.2) is 63.1 Å². The van der Waals surface area contributed by atoms with Crippen molar-refractivity contribution in [2.75, 3.05) is 0 Å². The Kier molecular flexibility index (Phi) is 3.31. The quantitative estimate of drug-likeness (QED) is 0.788. The Bertz CT molecular complexity index is 993. The van der Waals surface area contributed by atoms with Gasteiger partial charge in [0.15, 0.2) is 4.90 Å². The summed E-state index contributed by atoms with van der Waals surface area (Å²) in [5.74, 6) is -0.160. The van der Waals surface area contributed by atoms with E-state index in [0.717, 1.165) is 23.9 Å². The molecular weight excluding hydrogens is 310 g/mol. The number of aryl methyl sites for hydroxylation is 2. The molecule has 4 rings (SSSR count). The van der Waals surface area contributed by atoms with E-state index in [1.165, 1.54) is 0 Å². The fourth-order valence-electron chi connectivity index (χ4n) is 3.22. The number of aromatic nitrogens is 1. The second-order valence-corrected chi connectivity index (χ2v) is 7.05. The molecule has 1 N–H and O–H groups in total. The Morgan fingerprint density at radius 3 is 2.61 bits per heavy atom. The Labute approximate surface area is 135 Å². The molecule has 5 heteroatoms. The minimum absolute atomic E-state index is 0.0252. The molecule has 0 radical (unpaired) electrons. The molecule has 0 spiro atoms. The van der Waals surface area contributed by atoms with Crippen molar-refractivity contribution >= 4 is 21.7 Å². The van der Waals surface area contributed by atoms with Gasteiger partial charge < -0.3 is 9.67 Å². The number of rotatable bonds is 2. The van der Waals surface area contributed by atoms with Crippen molar-refractivity contribution in [1.29, 1.82) is 0 Å². The second kappa shape index (κ2) is 5.35. The molecule has 0 aliphatic carbocycles. The number of para-hydroxylation sites is 1. The van der Waals surface area contributed by atoms with Crippen molar-refractivity contribution in [3.63, 3.8) is 0 Å². The largest absolute Gasteiger partial charge is 0.506 e. The minimum Gasteiger partial charge on any atom is -0.506 e. The van der Waals surface area contributed by atoms with E-state index in [4.69, 9.17) is 0 Å². The first-order chi connectivity index (χ1) is 11.2. The van der Waals surface area contributed by atoms with Gasteiger partial charge in [0, 0.05) is 16.8 Å². The number of nitrogens with zero attached hydrogens (tertiary/aromatic N) is 1. The lowest BCUT2D eigenvalue weighted by atomic mass is 10.0. The van der Waals surface area contributed by atoms with Gasteiger partial charge in [0.1, 0.15) is 5.75 Å². The lowest BCUT2D eigenvalue weighted by Crippen LogP contribution is -2.28. The first kappa shape index (κ1) is 14.2. The molecular formula is C18H15NO3S. The summed E-state index contributed by atoms with van der Waals surface area (Å²) >= 11 is 0. The van der Waals surface area contributed by atoms with Crippen LogP contribution in [0, 0.1) is 0 Å². The third kappa shape index (κ3) is 2.11. The molecule has 1 unspecified atom stereocenters. The van der Waals surface area contributed by atoms with E-state index in [1.807, 2.05) is 18.2 Å². The Hall–Kier alpha value is -2.40. The zero-order valence-electron chi connectivity index (χ0n) is 12.4.